The minimum Gasteiger partial charge on any atom is -0.480 e. The number of hydrogen-bond acceptors (Lipinski definition) is 2. The summed E-state index contributed by atoms with van der Waals surface area (Å²) >= 11 is 0. The van der Waals surface area contributed by atoms with Crippen molar-refractivity contribution in [2.75, 3.05) is 0 Å². The van der Waals surface area contributed by atoms with E-state index in [1.807, 2.05) is 19.9 Å². The second kappa shape index (κ2) is 31.7. The lowest BCUT2D eigenvalue weighted by Crippen LogP contribution is -2.40. The summed E-state index contributed by atoms with van der Waals surface area (Å²) in [7, 11) is 0. The van der Waals surface area contributed by atoms with Crippen LogP contribution in [0.2, 0.25) is 0 Å². The fourth-order valence-corrected chi connectivity index (χ4v) is 4.36. The standard InChI is InChI=1S/C30H57NO3.C2H6/c1-3-5-7-9-11-13-14-15-16-17-19-20-22-24-26-28(30(33)34)31-29(32)27-25-23-21-18-12-10-8-6-4-2;1-2/h22,24,28H,3-21,23,25-27H2,1-2H3,(H,31,32)(H,33,34);1-2H3/b24-22+;. The molecule has 1 atom stereocenters. The highest BCUT2D eigenvalue weighted by molar-refractivity contribution is 5.83. The van der Waals surface area contributed by atoms with Crippen molar-refractivity contribution in [2.45, 2.75) is 181 Å². The van der Waals surface area contributed by atoms with Gasteiger partial charge in [0.25, 0.3) is 0 Å². The Hall–Kier alpha value is -1.32. The molecule has 0 aliphatic heterocycles. The lowest BCUT2D eigenvalue weighted by molar-refractivity contribution is -0.141. The van der Waals surface area contributed by atoms with E-state index in [2.05, 4.69) is 25.2 Å². The summed E-state index contributed by atoms with van der Waals surface area (Å²) < 4.78 is 0. The summed E-state index contributed by atoms with van der Waals surface area (Å²) in [5.41, 5.74) is 0. The molecule has 214 valence electrons. The average molecular weight is 510 g/mol. The monoisotopic (exact) mass is 509 g/mol. The van der Waals surface area contributed by atoms with E-state index in [0.29, 0.717) is 12.8 Å². The van der Waals surface area contributed by atoms with Gasteiger partial charge in [-0.25, -0.2) is 4.79 Å². The van der Waals surface area contributed by atoms with Gasteiger partial charge in [-0.3, -0.25) is 4.79 Å². The molecule has 0 heterocycles. The van der Waals surface area contributed by atoms with Gasteiger partial charge in [-0.15, -0.1) is 0 Å². The van der Waals surface area contributed by atoms with Gasteiger partial charge in [-0.1, -0.05) is 155 Å². The van der Waals surface area contributed by atoms with Crippen LogP contribution < -0.4 is 5.32 Å². The maximum absolute atomic E-state index is 12.1. The van der Waals surface area contributed by atoms with Crippen molar-refractivity contribution >= 4 is 11.9 Å². The van der Waals surface area contributed by atoms with E-state index in [0.717, 1.165) is 25.7 Å². The van der Waals surface area contributed by atoms with Crippen molar-refractivity contribution in [1.29, 1.82) is 0 Å². The van der Waals surface area contributed by atoms with Crippen LogP contribution in [-0.2, 0) is 9.59 Å². The number of aliphatic carboxylic acids is 1. The summed E-state index contributed by atoms with van der Waals surface area (Å²) in [5.74, 6) is -1.08. The molecule has 1 unspecified atom stereocenters. The second-order valence-electron chi connectivity index (χ2n) is 10.1. The highest BCUT2D eigenvalue weighted by Gasteiger charge is 2.17. The van der Waals surface area contributed by atoms with E-state index in [9.17, 15) is 14.7 Å². The topological polar surface area (TPSA) is 66.4 Å². The first-order chi connectivity index (χ1) is 17.6. The molecule has 0 saturated carbocycles. The van der Waals surface area contributed by atoms with Crippen LogP contribution in [0.4, 0.5) is 0 Å². The molecule has 0 aromatic heterocycles. The van der Waals surface area contributed by atoms with Crippen molar-refractivity contribution in [3.05, 3.63) is 12.2 Å². The van der Waals surface area contributed by atoms with Gasteiger partial charge in [-0.2, -0.15) is 0 Å². The van der Waals surface area contributed by atoms with Gasteiger partial charge < -0.3 is 10.4 Å². The molecule has 0 aliphatic carbocycles. The Kier molecular flexibility index (Phi) is 32.4. The van der Waals surface area contributed by atoms with Crippen LogP contribution in [0.25, 0.3) is 0 Å². The molecule has 0 aromatic carbocycles. The summed E-state index contributed by atoms with van der Waals surface area (Å²) in [5, 5.41) is 12.1. The number of amides is 1. The second-order valence-corrected chi connectivity index (χ2v) is 10.1. The van der Waals surface area contributed by atoms with Gasteiger partial charge in [0.1, 0.15) is 6.04 Å². The summed E-state index contributed by atoms with van der Waals surface area (Å²) in [4.78, 5) is 23.6. The smallest absolute Gasteiger partial charge is 0.326 e. The Balaban J connectivity index is 0. The van der Waals surface area contributed by atoms with Gasteiger partial charge in [0, 0.05) is 6.42 Å². The van der Waals surface area contributed by atoms with E-state index in [-0.39, 0.29) is 5.91 Å². The number of carbonyl (C=O) groups excluding carboxylic acids is 1. The van der Waals surface area contributed by atoms with E-state index in [1.54, 1.807) is 0 Å². The van der Waals surface area contributed by atoms with E-state index >= 15 is 0 Å². The normalized spacial score (nSPS) is 11.8. The summed E-state index contributed by atoms with van der Waals surface area (Å²) in [6.45, 7) is 8.49. The predicted octanol–water partition coefficient (Wildman–Crippen LogP) is 10.2. The first-order valence-corrected chi connectivity index (χ1v) is 15.8. The maximum atomic E-state index is 12.1. The average Bonchev–Trinajstić information content (AvgIpc) is 2.88. The van der Waals surface area contributed by atoms with Gasteiger partial charge in [-0.05, 0) is 25.7 Å². The minimum absolute atomic E-state index is 0.130. The Morgan fingerprint density at radius 1 is 0.611 bits per heavy atom. The van der Waals surface area contributed by atoms with Crippen LogP contribution in [0, 0.1) is 0 Å². The van der Waals surface area contributed by atoms with E-state index < -0.39 is 12.0 Å². The van der Waals surface area contributed by atoms with E-state index in [4.69, 9.17) is 0 Å². The van der Waals surface area contributed by atoms with Crippen LogP contribution in [0.15, 0.2) is 12.2 Å². The van der Waals surface area contributed by atoms with Crippen LogP contribution in [0.1, 0.15) is 175 Å². The first-order valence-electron chi connectivity index (χ1n) is 15.8. The largest absolute Gasteiger partial charge is 0.480 e. The fourth-order valence-electron chi connectivity index (χ4n) is 4.36. The third-order valence-electron chi connectivity index (χ3n) is 6.65. The number of allylic oxidation sites excluding steroid dienone is 1. The number of hydrogen-bond donors (Lipinski definition) is 2. The molecule has 0 spiro atoms. The number of nitrogens with one attached hydrogen (secondary N) is 1. The van der Waals surface area contributed by atoms with Crippen molar-refractivity contribution in [3.8, 4) is 0 Å². The molecule has 0 aliphatic rings. The Morgan fingerprint density at radius 2 is 1.00 bits per heavy atom. The first kappa shape index (κ1) is 36.8. The van der Waals surface area contributed by atoms with Crippen LogP contribution in [0.3, 0.4) is 0 Å². The molecule has 0 bridgehead atoms. The molecule has 4 heteroatoms. The highest BCUT2D eigenvalue weighted by Crippen LogP contribution is 2.13. The van der Waals surface area contributed by atoms with Gasteiger partial charge in [0.05, 0.1) is 0 Å². The lowest BCUT2D eigenvalue weighted by atomic mass is 10.0. The van der Waals surface area contributed by atoms with Gasteiger partial charge in [0.2, 0.25) is 5.91 Å². The van der Waals surface area contributed by atoms with E-state index in [1.165, 1.54) is 109 Å². The molecule has 2 N–H and O–H groups in total. The zero-order valence-electron chi connectivity index (χ0n) is 24.8. The molecule has 36 heavy (non-hydrogen) atoms. The quantitative estimate of drug-likeness (QED) is 0.0900. The number of unbranched alkanes of at least 4 members (excludes halogenated alkanes) is 19. The molecule has 1 amide bonds. The van der Waals surface area contributed by atoms with Crippen LogP contribution in [0.5, 0.6) is 0 Å². The van der Waals surface area contributed by atoms with Gasteiger partial charge >= 0.3 is 5.97 Å². The molecule has 0 aromatic rings. The molecule has 0 fully saturated rings. The number of carbonyl (C=O) groups is 2. The zero-order valence-corrected chi connectivity index (χ0v) is 24.8. The summed E-state index contributed by atoms with van der Waals surface area (Å²) in [6.07, 6.45) is 31.4. The number of carboxylic acids is 1. The molecule has 0 rings (SSSR count). The SMILES string of the molecule is CC.CCCCCCCCCCCCC/C=C/CC(NC(=O)CCCCCCCCCCC)C(=O)O. The lowest BCUT2D eigenvalue weighted by Gasteiger charge is -2.12. The van der Waals surface area contributed by atoms with Crippen molar-refractivity contribution in [1.82, 2.24) is 5.32 Å². The number of rotatable bonds is 26. The van der Waals surface area contributed by atoms with Crippen molar-refractivity contribution in [3.63, 3.8) is 0 Å². The van der Waals surface area contributed by atoms with Crippen molar-refractivity contribution in [2.24, 2.45) is 0 Å². The predicted molar refractivity (Wildman–Crippen MR) is 158 cm³/mol. The third-order valence-corrected chi connectivity index (χ3v) is 6.65. The molecule has 4 nitrogen and oxygen atoms in total. The molecular formula is C32H63NO3. The Morgan fingerprint density at radius 3 is 1.42 bits per heavy atom. The highest BCUT2D eigenvalue weighted by atomic mass is 16.4. The Labute approximate surface area is 225 Å². The number of carboxylic acid groups (broad SMARTS) is 1. The fraction of sp³-hybridized carbons (Fsp3) is 0.875. The molecule has 0 saturated heterocycles. The zero-order chi connectivity index (χ0) is 27.1. The van der Waals surface area contributed by atoms with Crippen LogP contribution >= 0.6 is 0 Å². The van der Waals surface area contributed by atoms with Gasteiger partial charge in [0.15, 0.2) is 0 Å². The third kappa shape index (κ3) is 28.9. The maximum Gasteiger partial charge on any atom is 0.326 e. The Bertz CT molecular complexity index is 490. The minimum atomic E-state index is -0.945. The molecular weight excluding hydrogens is 446 g/mol. The van der Waals surface area contributed by atoms with Crippen molar-refractivity contribution < 1.29 is 14.7 Å². The summed E-state index contributed by atoms with van der Waals surface area (Å²) in [6, 6.07) is -0.806. The molecule has 0 radical (unpaired) electrons. The van der Waals surface area contributed by atoms with Crippen LogP contribution in [-0.4, -0.2) is 23.0 Å².